The van der Waals surface area contributed by atoms with Crippen molar-refractivity contribution in [2.45, 2.75) is 0 Å². The van der Waals surface area contributed by atoms with Crippen LogP contribution in [0.3, 0.4) is 0 Å². The summed E-state index contributed by atoms with van der Waals surface area (Å²) in [6.45, 7) is 0.123. The Labute approximate surface area is 98.3 Å². The Morgan fingerprint density at radius 3 is 2.88 bits per heavy atom. The lowest BCUT2D eigenvalue weighted by molar-refractivity contribution is 0.0994. The van der Waals surface area contributed by atoms with Gasteiger partial charge in [0.2, 0.25) is 6.79 Å². The number of rotatable bonds is 4. The van der Waals surface area contributed by atoms with Crippen LogP contribution in [0.2, 0.25) is 0 Å². The molecular formula is C10H12BNO5. The van der Waals surface area contributed by atoms with Crippen molar-refractivity contribution in [1.82, 2.24) is 5.32 Å². The molecule has 0 bridgehead atoms. The summed E-state index contributed by atoms with van der Waals surface area (Å²) in [7, 11) is -0.137. The molecule has 0 unspecified atom stereocenters. The summed E-state index contributed by atoms with van der Waals surface area (Å²) in [4.78, 5) is 11.8. The first-order chi connectivity index (χ1) is 8.15. The van der Waals surface area contributed by atoms with Crippen LogP contribution in [0, 0.1) is 0 Å². The van der Waals surface area contributed by atoms with Crippen LogP contribution < -0.4 is 20.3 Å². The van der Waals surface area contributed by atoms with Crippen molar-refractivity contribution in [2.75, 3.05) is 20.4 Å². The minimum atomic E-state index is -1.78. The number of likely N-dealkylation sites (N-methyl/N-ethyl adjacent to an activating group) is 1. The molecule has 6 nitrogen and oxygen atoms in total. The zero-order chi connectivity index (χ0) is 12.4. The molecular weight excluding hydrogens is 225 g/mol. The Morgan fingerprint density at radius 1 is 1.47 bits per heavy atom. The van der Waals surface area contributed by atoms with Gasteiger partial charge in [0, 0.05) is 11.0 Å². The molecule has 0 radical (unpaired) electrons. The molecule has 1 aromatic rings. The van der Waals surface area contributed by atoms with Gasteiger partial charge in [-0.3, -0.25) is 4.79 Å². The van der Waals surface area contributed by atoms with Gasteiger partial charge in [-0.05, 0) is 19.2 Å². The lowest BCUT2D eigenvalue weighted by Crippen LogP contribution is -2.37. The third-order valence-corrected chi connectivity index (χ3v) is 2.47. The van der Waals surface area contributed by atoms with E-state index in [0.717, 1.165) is 0 Å². The number of carbonyl (C=O) groups is 1. The van der Waals surface area contributed by atoms with Crippen LogP contribution >= 0.6 is 0 Å². The minimum absolute atomic E-state index is 0.0126. The second kappa shape index (κ2) is 4.74. The van der Waals surface area contributed by atoms with Crippen LogP contribution in [-0.2, 0) is 0 Å². The third-order valence-electron chi connectivity index (χ3n) is 2.47. The number of hydrogen-bond acceptors (Lipinski definition) is 6. The van der Waals surface area contributed by atoms with E-state index in [1.165, 1.54) is 6.07 Å². The molecule has 1 aliphatic rings. The van der Waals surface area contributed by atoms with E-state index in [1.54, 1.807) is 13.1 Å². The van der Waals surface area contributed by atoms with Gasteiger partial charge in [0.25, 0.3) is 0 Å². The highest BCUT2D eigenvalue weighted by Gasteiger charge is 2.30. The van der Waals surface area contributed by atoms with Gasteiger partial charge in [-0.25, -0.2) is 0 Å². The molecule has 1 aromatic carbocycles. The fraction of sp³-hybridized carbons (Fsp3) is 0.300. The van der Waals surface area contributed by atoms with E-state index < -0.39 is 7.12 Å². The Hall–Kier alpha value is -1.57. The van der Waals surface area contributed by atoms with Crippen LogP contribution in [0.5, 0.6) is 11.5 Å². The van der Waals surface area contributed by atoms with Crippen LogP contribution in [0.1, 0.15) is 10.4 Å². The van der Waals surface area contributed by atoms with E-state index in [2.05, 4.69) is 5.32 Å². The molecule has 1 heterocycles. The lowest BCUT2D eigenvalue weighted by atomic mass is 9.75. The van der Waals surface area contributed by atoms with Crippen molar-refractivity contribution >= 4 is 18.4 Å². The molecule has 7 heteroatoms. The Bertz CT molecular complexity index is 449. The number of fused-ring (bicyclic) bond motifs is 1. The molecule has 2 rings (SSSR count). The molecule has 3 N–H and O–H groups in total. The second-order valence-corrected chi connectivity index (χ2v) is 3.59. The van der Waals surface area contributed by atoms with Gasteiger partial charge in [-0.15, -0.1) is 0 Å². The zero-order valence-corrected chi connectivity index (χ0v) is 9.27. The summed E-state index contributed by atoms with van der Waals surface area (Å²) < 4.78 is 10.3. The van der Waals surface area contributed by atoms with Crippen LogP contribution in [-0.4, -0.2) is 43.3 Å². The summed E-state index contributed by atoms with van der Waals surface area (Å²) in [5.41, 5.74) is 0.277. The maximum atomic E-state index is 11.8. The minimum Gasteiger partial charge on any atom is -0.454 e. The summed E-state index contributed by atoms with van der Waals surface area (Å²) in [6, 6.07) is 3.08. The summed E-state index contributed by atoms with van der Waals surface area (Å²) in [5.74, 6) is 0.393. The van der Waals surface area contributed by atoms with Crippen molar-refractivity contribution in [3.8, 4) is 11.5 Å². The average molecular weight is 237 g/mol. The van der Waals surface area contributed by atoms with Crippen molar-refractivity contribution in [2.24, 2.45) is 0 Å². The normalized spacial score (nSPS) is 12.6. The number of ether oxygens (including phenoxy) is 2. The lowest BCUT2D eigenvalue weighted by Gasteiger charge is -2.10. The van der Waals surface area contributed by atoms with Crippen LogP contribution in [0.25, 0.3) is 0 Å². The first kappa shape index (κ1) is 11.9. The summed E-state index contributed by atoms with van der Waals surface area (Å²) in [5, 5.41) is 21.4. The molecule has 0 fully saturated rings. The Kier molecular flexibility index (Phi) is 3.32. The number of ketones is 1. The average Bonchev–Trinajstić information content (AvgIpc) is 2.75. The molecule has 0 saturated heterocycles. The summed E-state index contributed by atoms with van der Waals surface area (Å²) in [6.07, 6.45) is 0. The van der Waals surface area contributed by atoms with Gasteiger partial charge in [-0.1, -0.05) is 0 Å². The van der Waals surface area contributed by atoms with Crippen molar-refractivity contribution < 1.29 is 24.3 Å². The molecule has 0 aliphatic carbocycles. The number of nitrogens with one attached hydrogen (secondary N) is 1. The fourth-order valence-electron chi connectivity index (χ4n) is 1.75. The van der Waals surface area contributed by atoms with Crippen molar-refractivity contribution in [3.05, 3.63) is 17.7 Å². The van der Waals surface area contributed by atoms with Gasteiger partial charge in [0.05, 0.1) is 6.54 Å². The van der Waals surface area contributed by atoms with Gasteiger partial charge < -0.3 is 24.8 Å². The van der Waals surface area contributed by atoms with E-state index in [0.29, 0.717) is 5.75 Å². The SMILES string of the molecule is CNCC(=O)c1ccc2c(c1B(O)O)OCO2. The van der Waals surface area contributed by atoms with E-state index in [9.17, 15) is 14.8 Å². The van der Waals surface area contributed by atoms with Crippen molar-refractivity contribution in [3.63, 3.8) is 0 Å². The van der Waals surface area contributed by atoms with Gasteiger partial charge in [0.15, 0.2) is 17.3 Å². The molecule has 90 valence electrons. The largest absolute Gasteiger partial charge is 0.493 e. The number of carbonyl (C=O) groups excluding carboxylic acids is 1. The smallest absolute Gasteiger partial charge is 0.454 e. The molecule has 17 heavy (non-hydrogen) atoms. The quantitative estimate of drug-likeness (QED) is 0.436. The maximum Gasteiger partial charge on any atom is 0.493 e. The molecule has 0 atom stereocenters. The van der Waals surface area contributed by atoms with Crippen molar-refractivity contribution in [1.29, 1.82) is 0 Å². The molecule has 0 aromatic heterocycles. The van der Waals surface area contributed by atoms with E-state index in [4.69, 9.17) is 9.47 Å². The Balaban J connectivity index is 2.49. The van der Waals surface area contributed by atoms with E-state index >= 15 is 0 Å². The van der Waals surface area contributed by atoms with E-state index in [-0.39, 0.29) is 35.9 Å². The predicted molar refractivity (Wildman–Crippen MR) is 60.6 cm³/mol. The number of benzene rings is 1. The van der Waals surface area contributed by atoms with Crippen LogP contribution in [0.15, 0.2) is 12.1 Å². The summed E-state index contributed by atoms with van der Waals surface area (Å²) >= 11 is 0. The number of Topliss-reactive ketones (excluding diaryl/α,β-unsaturated/α-hetero) is 1. The van der Waals surface area contributed by atoms with Crippen LogP contribution in [0.4, 0.5) is 0 Å². The third kappa shape index (κ3) is 2.12. The molecule has 0 spiro atoms. The highest BCUT2D eigenvalue weighted by atomic mass is 16.7. The van der Waals surface area contributed by atoms with Gasteiger partial charge in [-0.2, -0.15) is 0 Å². The molecule has 0 amide bonds. The first-order valence-electron chi connectivity index (χ1n) is 5.11. The standard InChI is InChI=1S/C10H12BNO5/c1-12-4-7(13)6-2-3-8-10(17-5-16-8)9(6)11(14)15/h2-3,12,14-15H,4-5H2,1H3. The number of hydrogen-bond donors (Lipinski definition) is 3. The van der Waals surface area contributed by atoms with Gasteiger partial charge in [0.1, 0.15) is 0 Å². The highest BCUT2D eigenvalue weighted by Crippen LogP contribution is 2.31. The maximum absolute atomic E-state index is 11.8. The topological polar surface area (TPSA) is 88.0 Å². The monoisotopic (exact) mass is 237 g/mol. The predicted octanol–water partition coefficient (Wildman–Crippen LogP) is -1.50. The van der Waals surface area contributed by atoms with E-state index in [1.807, 2.05) is 0 Å². The second-order valence-electron chi connectivity index (χ2n) is 3.59. The highest BCUT2D eigenvalue weighted by molar-refractivity contribution is 6.61. The van der Waals surface area contributed by atoms with Gasteiger partial charge >= 0.3 is 7.12 Å². The fourth-order valence-corrected chi connectivity index (χ4v) is 1.75. The Morgan fingerprint density at radius 2 is 2.24 bits per heavy atom. The molecule has 0 saturated carbocycles. The zero-order valence-electron chi connectivity index (χ0n) is 9.27. The molecule has 1 aliphatic heterocycles. The first-order valence-corrected chi connectivity index (χ1v) is 5.11.